The predicted octanol–water partition coefficient (Wildman–Crippen LogP) is 2.56. The molecule has 0 saturated heterocycles. The van der Waals surface area contributed by atoms with Crippen LogP contribution in [0.15, 0.2) is 17.5 Å². The third-order valence-corrected chi connectivity index (χ3v) is 3.58. The van der Waals surface area contributed by atoms with E-state index < -0.39 is 5.60 Å². The van der Waals surface area contributed by atoms with E-state index in [0.29, 0.717) is 6.04 Å². The molecule has 2 nitrogen and oxygen atoms in total. The molecule has 0 aliphatic rings. The number of nitrogens with one attached hydrogen (secondary N) is 1. The summed E-state index contributed by atoms with van der Waals surface area (Å²) in [5, 5.41) is 15.2. The van der Waals surface area contributed by atoms with Crippen molar-refractivity contribution in [2.45, 2.75) is 45.4 Å². The lowest BCUT2D eigenvalue weighted by Gasteiger charge is -2.29. The van der Waals surface area contributed by atoms with Crippen LogP contribution in [0.5, 0.6) is 0 Å². The van der Waals surface area contributed by atoms with E-state index in [0.717, 1.165) is 0 Å². The maximum Gasteiger partial charge on any atom is 0.0741 e. The number of thiophene rings is 1. The van der Waals surface area contributed by atoms with E-state index in [1.807, 2.05) is 26.8 Å². The van der Waals surface area contributed by atoms with Gasteiger partial charge in [0.2, 0.25) is 0 Å². The van der Waals surface area contributed by atoms with Crippen LogP contribution in [0.25, 0.3) is 0 Å². The van der Waals surface area contributed by atoms with Gasteiger partial charge in [-0.1, -0.05) is 6.07 Å². The molecule has 1 aromatic rings. The molecule has 2 atom stereocenters. The highest BCUT2D eigenvalue weighted by molar-refractivity contribution is 7.10. The fourth-order valence-electron chi connectivity index (χ4n) is 1.20. The summed E-state index contributed by atoms with van der Waals surface area (Å²) in [7, 11) is 0. The molecule has 1 heterocycles. The van der Waals surface area contributed by atoms with E-state index in [1.54, 1.807) is 11.3 Å². The number of aliphatic hydroxyl groups is 1. The molecule has 80 valence electrons. The summed E-state index contributed by atoms with van der Waals surface area (Å²) in [5.74, 6) is 0. The first-order valence-electron chi connectivity index (χ1n) is 4.93. The van der Waals surface area contributed by atoms with Crippen LogP contribution in [0, 0.1) is 0 Å². The third-order valence-electron chi connectivity index (χ3n) is 2.53. The standard InChI is InChI=1S/C11H19NOS/c1-8(10-6-5-7-14-10)12-9(2)11(3,4)13/h5-9,12-13H,1-4H3. The Hall–Kier alpha value is -0.380. The van der Waals surface area contributed by atoms with E-state index >= 15 is 0 Å². The lowest BCUT2D eigenvalue weighted by atomic mass is 10.00. The molecule has 0 radical (unpaired) electrons. The van der Waals surface area contributed by atoms with Crippen molar-refractivity contribution in [3.63, 3.8) is 0 Å². The maximum absolute atomic E-state index is 9.77. The molecule has 0 aliphatic carbocycles. The van der Waals surface area contributed by atoms with Crippen molar-refractivity contribution in [1.29, 1.82) is 0 Å². The van der Waals surface area contributed by atoms with Crippen LogP contribution in [0.1, 0.15) is 38.6 Å². The van der Waals surface area contributed by atoms with Gasteiger partial charge in [-0.2, -0.15) is 0 Å². The highest BCUT2D eigenvalue weighted by Crippen LogP contribution is 2.20. The minimum atomic E-state index is -0.675. The zero-order valence-corrected chi connectivity index (χ0v) is 10.1. The molecule has 0 amide bonds. The zero-order valence-electron chi connectivity index (χ0n) is 9.24. The Morgan fingerprint density at radius 1 is 1.43 bits per heavy atom. The van der Waals surface area contributed by atoms with Gasteiger partial charge in [0.25, 0.3) is 0 Å². The van der Waals surface area contributed by atoms with Gasteiger partial charge in [-0.15, -0.1) is 11.3 Å². The first kappa shape index (κ1) is 11.7. The molecular formula is C11H19NOS. The Bertz CT molecular complexity index is 263. The van der Waals surface area contributed by atoms with Crippen molar-refractivity contribution in [3.8, 4) is 0 Å². The SMILES string of the molecule is CC(NC(C)C(C)(C)O)c1cccs1. The molecule has 2 N–H and O–H groups in total. The number of hydrogen-bond acceptors (Lipinski definition) is 3. The average Bonchev–Trinajstić information content (AvgIpc) is 2.53. The van der Waals surface area contributed by atoms with Gasteiger partial charge in [-0.3, -0.25) is 0 Å². The highest BCUT2D eigenvalue weighted by atomic mass is 32.1. The second-order valence-electron chi connectivity index (χ2n) is 4.28. The molecule has 1 rings (SSSR count). The van der Waals surface area contributed by atoms with Gasteiger partial charge in [-0.25, -0.2) is 0 Å². The highest BCUT2D eigenvalue weighted by Gasteiger charge is 2.23. The number of rotatable bonds is 4. The first-order valence-corrected chi connectivity index (χ1v) is 5.81. The first-order chi connectivity index (χ1) is 6.41. The second kappa shape index (κ2) is 4.43. The Labute approximate surface area is 90.0 Å². The van der Waals surface area contributed by atoms with E-state index in [4.69, 9.17) is 0 Å². The topological polar surface area (TPSA) is 32.3 Å². The van der Waals surface area contributed by atoms with Crippen LogP contribution in [0.3, 0.4) is 0 Å². The normalized spacial score (nSPS) is 16.6. The van der Waals surface area contributed by atoms with Gasteiger partial charge in [0.05, 0.1) is 5.60 Å². The number of hydrogen-bond donors (Lipinski definition) is 2. The van der Waals surface area contributed by atoms with Gasteiger partial charge in [0.15, 0.2) is 0 Å². The Morgan fingerprint density at radius 3 is 2.50 bits per heavy atom. The van der Waals surface area contributed by atoms with Crippen LogP contribution < -0.4 is 5.32 Å². The van der Waals surface area contributed by atoms with Crippen molar-refractivity contribution in [2.24, 2.45) is 0 Å². The summed E-state index contributed by atoms with van der Waals surface area (Å²) in [5.41, 5.74) is -0.675. The molecule has 1 aromatic heterocycles. The van der Waals surface area contributed by atoms with Gasteiger partial charge < -0.3 is 10.4 Å². The summed E-state index contributed by atoms with van der Waals surface area (Å²) >= 11 is 1.74. The second-order valence-corrected chi connectivity index (χ2v) is 5.26. The summed E-state index contributed by atoms with van der Waals surface area (Å²) < 4.78 is 0. The third kappa shape index (κ3) is 3.08. The maximum atomic E-state index is 9.77. The van der Waals surface area contributed by atoms with Crippen molar-refractivity contribution >= 4 is 11.3 Å². The molecule has 0 aliphatic heterocycles. The van der Waals surface area contributed by atoms with Crippen LogP contribution in [0.2, 0.25) is 0 Å². The summed E-state index contributed by atoms with van der Waals surface area (Å²) in [4.78, 5) is 1.31. The minimum absolute atomic E-state index is 0.0830. The quantitative estimate of drug-likeness (QED) is 0.805. The molecule has 0 aromatic carbocycles. The van der Waals surface area contributed by atoms with Crippen molar-refractivity contribution in [1.82, 2.24) is 5.32 Å². The molecular weight excluding hydrogens is 194 g/mol. The lowest BCUT2D eigenvalue weighted by Crippen LogP contribution is -2.45. The van der Waals surface area contributed by atoms with Crippen LogP contribution in [-0.4, -0.2) is 16.7 Å². The summed E-state index contributed by atoms with van der Waals surface area (Å²) in [6.07, 6.45) is 0. The van der Waals surface area contributed by atoms with Gasteiger partial charge in [0.1, 0.15) is 0 Å². The smallest absolute Gasteiger partial charge is 0.0741 e. The van der Waals surface area contributed by atoms with Crippen molar-refractivity contribution < 1.29 is 5.11 Å². The van der Waals surface area contributed by atoms with E-state index in [2.05, 4.69) is 23.7 Å². The monoisotopic (exact) mass is 213 g/mol. The van der Waals surface area contributed by atoms with Crippen LogP contribution in [0.4, 0.5) is 0 Å². The minimum Gasteiger partial charge on any atom is -0.389 e. The molecule has 2 unspecified atom stereocenters. The Balaban J connectivity index is 2.53. The molecule has 14 heavy (non-hydrogen) atoms. The zero-order chi connectivity index (χ0) is 10.8. The molecule has 0 saturated carbocycles. The fraction of sp³-hybridized carbons (Fsp3) is 0.636. The lowest BCUT2D eigenvalue weighted by molar-refractivity contribution is 0.0407. The van der Waals surface area contributed by atoms with E-state index in [9.17, 15) is 5.11 Å². The summed E-state index contributed by atoms with van der Waals surface area (Å²) in [6, 6.07) is 4.54. The Kier molecular flexibility index (Phi) is 3.70. The molecule has 0 bridgehead atoms. The van der Waals surface area contributed by atoms with Gasteiger partial charge in [-0.05, 0) is 39.1 Å². The predicted molar refractivity (Wildman–Crippen MR) is 61.6 cm³/mol. The molecule has 3 heteroatoms. The average molecular weight is 213 g/mol. The van der Waals surface area contributed by atoms with Crippen molar-refractivity contribution in [2.75, 3.05) is 0 Å². The van der Waals surface area contributed by atoms with Crippen LogP contribution in [-0.2, 0) is 0 Å². The molecule has 0 fully saturated rings. The fourth-order valence-corrected chi connectivity index (χ4v) is 1.94. The Morgan fingerprint density at radius 2 is 2.07 bits per heavy atom. The van der Waals surface area contributed by atoms with Crippen LogP contribution >= 0.6 is 11.3 Å². The molecule has 0 spiro atoms. The van der Waals surface area contributed by atoms with Gasteiger partial charge in [0, 0.05) is 17.0 Å². The summed E-state index contributed by atoms with van der Waals surface area (Å²) in [6.45, 7) is 7.77. The van der Waals surface area contributed by atoms with E-state index in [-0.39, 0.29) is 6.04 Å². The largest absolute Gasteiger partial charge is 0.389 e. The van der Waals surface area contributed by atoms with Crippen molar-refractivity contribution in [3.05, 3.63) is 22.4 Å². The van der Waals surface area contributed by atoms with E-state index in [1.165, 1.54) is 4.88 Å². The van der Waals surface area contributed by atoms with Gasteiger partial charge >= 0.3 is 0 Å².